The van der Waals surface area contributed by atoms with Gasteiger partial charge in [0.2, 0.25) is 5.13 Å². The molecular weight excluding hydrogens is 419 g/mol. The van der Waals surface area contributed by atoms with Gasteiger partial charge in [-0.25, -0.2) is 4.79 Å². The number of aromatic nitrogens is 3. The molecule has 4 aromatic rings. The van der Waals surface area contributed by atoms with Crippen LogP contribution in [0.2, 0.25) is 0 Å². The van der Waals surface area contributed by atoms with Crippen molar-refractivity contribution in [1.82, 2.24) is 15.2 Å². The molecule has 4 N–H and O–H groups in total. The number of fused-ring (bicyclic) bond motifs is 1. The summed E-state index contributed by atoms with van der Waals surface area (Å²) in [5.41, 5.74) is 7.91. The smallest absolute Gasteiger partial charge is 0.408 e. The molecule has 0 radical (unpaired) electrons. The first-order valence-electron chi connectivity index (χ1n) is 8.90. The molecule has 156 valence electrons. The molecule has 0 saturated heterocycles. The number of hydrogen-bond acceptors (Lipinski definition) is 7. The van der Waals surface area contributed by atoms with Gasteiger partial charge in [-0.15, -0.1) is 10.2 Å². The normalized spacial score (nSPS) is 12.9. The molecule has 2 aromatic carbocycles. The Morgan fingerprint density at radius 1 is 1.17 bits per heavy atom. The number of H-pyrrole nitrogens is 1. The quantitative estimate of drug-likeness (QED) is 0.427. The van der Waals surface area contributed by atoms with Gasteiger partial charge in [0.15, 0.2) is 5.58 Å². The Morgan fingerprint density at radius 2 is 1.93 bits per heavy atom. The highest BCUT2D eigenvalue weighted by molar-refractivity contribution is 7.18. The van der Waals surface area contributed by atoms with Crippen LogP contribution in [-0.2, 0) is 12.6 Å². The topological polar surface area (TPSA) is 110 Å². The molecule has 0 bridgehead atoms. The summed E-state index contributed by atoms with van der Waals surface area (Å²) in [6.45, 7) is 0.376. The van der Waals surface area contributed by atoms with E-state index in [1.165, 1.54) is 23.5 Å². The molecular formula is C19H16F3N5O2S. The zero-order valence-electron chi connectivity index (χ0n) is 15.4. The summed E-state index contributed by atoms with van der Waals surface area (Å²) in [7, 11) is 0. The van der Waals surface area contributed by atoms with Crippen LogP contribution in [0.4, 0.5) is 18.3 Å². The Balaban J connectivity index is 1.36. The number of hydrogen-bond donors (Lipinski definition) is 3. The number of alkyl halides is 3. The fourth-order valence-electron chi connectivity index (χ4n) is 2.91. The van der Waals surface area contributed by atoms with Gasteiger partial charge < -0.3 is 15.5 Å². The highest BCUT2D eigenvalue weighted by Crippen LogP contribution is 2.30. The average molecular weight is 435 g/mol. The number of halogens is 3. The second kappa shape index (κ2) is 7.92. The number of rotatable bonds is 6. The molecule has 0 spiro atoms. The van der Waals surface area contributed by atoms with Crippen molar-refractivity contribution in [2.75, 3.05) is 11.9 Å². The Bertz CT molecular complexity index is 1210. The molecule has 0 unspecified atom stereocenters. The first-order chi connectivity index (χ1) is 14.3. The average Bonchev–Trinajstić information content (AvgIpc) is 3.31. The first kappa shape index (κ1) is 20.1. The first-order valence-corrected chi connectivity index (χ1v) is 9.72. The standard InChI is InChI=1S/C19H16F3N5O2S/c20-19(21,22)12-4-1-10(2-5-12)7-13(23)9-24-17-27-26-16(30-17)11-3-6-14-15(8-11)29-18(28)25-14/h1-6,8,13H,7,9,23H2,(H,24,27)(H,25,28)/t13-/m1/s1. The van der Waals surface area contributed by atoms with E-state index in [9.17, 15) is 18.0 Å². The Labute approximate surface area is 171 Å². The number of anilines is 1. The van der Waals surface area contributed by atoms with Crippen molar-refractivity contribution in [1.29, 1.82) is 0 Å². The summed E-state index contributed by atoms with van der Waals surface area (Å²) in [4.78, 5) is 13.8. The number of benzene rings is 2. The van der Waals surface area contributed by atoms with E-state index < -0.39 is 17.5 Å². The van der Waals surface area contributed by atoms with Crippen LogP contribution in [-0.4, -0.2) is 27.8 Å². The summed E-state index contributed by atoms with van der Waals surface area (Å²) in [6, 6.07) is 9.88. The van der Waals surface area contributed by atoms with E-state index in [1.54, 1.807) is 18.2 Å². The van der Waals surface area contributed by atoms with Crippen molar-refractivity contribution in [3.63, 3.8) is 0 Å². The molecule has 11 heteroatoms. The van der Waals surface area contributed by atoms with Crippen molar-refractivity contribution in [2.24, 2.45) is 5.73 Å². The SMILES string of the molecule is N[C@@H](CNc1nnc(-c2ccc3[nH]c(=O)oc3c2)s1)Cc1ccc(C(F)(F)F)cc1. The summed E-state index contributed by atoms with van der Waals surface area (Å²) >= 11 is 1.31. The van der Waals surface area contributed by atoms with Crippen molar-refractivity contribution in [3.8, 4) is 10.6 Å². The van der Waals surface area contributed by atoms with E-state index in [0.29, 0.717) is 34.2 Å². The molecule has 0 saturated carbocycles. The van der Waals surface area contributed by atoms with E-state index in [1.807, 2.05) is 0 Å². The number of nitrogens with one attached hydrogen (secondary N) is 2. The predicted octanol–water partition coefficient (Wildman–Crippen LogP) is 3.64. The lowest BCUT2D eigenvalue weighted by atomic mass is 10.0. The second-order valence-corrected chi connectivity index (χ2v) is 7.66. The Morgan fingerprint density at radius 3 is 2.67 bits per heavy atom. The maximum absolute atomic E-state index is 12.6. The molecule has 0 aliphatic rings. The largest absolute Gasteiger partial charge is 0.417 e. The van der Waals surface area contributed by atoms with Crippen molar-refractivity contribution < 1.29 is 17.6 Å². The minimum absolute atomic E-state index is 0.320. The lowest BCUT2D eigenvalue weighted by Crippen LogP contribution is -2.31. The number of aromatic amines is 1. The van der Waals surface area contributed by atoms with Crippen LogP contribution in [0.3, 0.4) is 0 Å². The summed E-state index contributed by atoms with van der Waals surface area (Å²) in [5, 5.41) is 12.5. The number of nitrogens with zero attached hydrogens (tertiary/aromatic N) is 2. The molecule has 2 heterocycles. The van der Waals surface area contributed by atoms with Gasteiger partial charge in [0, 0.05) is 18.2 Å². The van der Waals surface area contributed by atoms with Gasteiger partial charge in [-0.05, 0) is 42.3 Å². The van der Waals surface area contributed by atoms with Crippen LogP contribution in [0.1, 0.15) is 11.1 Å². The van der Waals surface area contributed by atoms with E-state index in [2.05, 4.69) is 20.5 Å². The lowest BCUT2D eigenvalue weighted by molar-refractivity contribution is -0.137. The third kappa shape index (κ3) is 4.52. The molecule has 0 amide bonds. The van der Waals surface area contributed by atoms with Crippen molar-refractivity contribution >= 4 is 27.6 Å². The van der Waals surface area contributed by atoms with Crippen molar-refractivity contribution in [3.05, 3.63) is 64.1 Å². The van der Waals surface area contributed by atoms with Gasteiger partial charge in [0.1, 0.15) is 5.01 Å². The van der Waals surface area contributed by atoms with E-state index in [4.69, 9.17) is 10.2 Å². The molecule has 7 nitrogen and oxygen atoms in total. The molecule has 4 rings (SSSR count). The summed E-state index contributed by atoms with van der Waals surface area (Å²) in [6.07, 6.45) is -3.94. The molecule has 2 aromatic heterocycles. The third-order valence-electron chi connectivity index (χ3n) is 4.39. The monoisotopic (exact) mass is 435 g/mol. The molecule has 30 heavy (non-hydrogen) atoms. The van der Waals surface area contributed by atoms with Gasteiger partial charge in [-0.2, -0.15) is 13.2 Å². The predicted molar refractivity (Wildman–Crippen MR) is 107 cm³/mol. The number of oxazole rings is 1. The summed E-state index contributed by atoms with van der Waals surface area (Å²) < 4.78 is 42.9. The molecule has 0 fully saturated rings. The maximum atomic E-state index is 12.6. The minimum atomic E-state index is -4.35. The molecule has 1 atom stereocenters. The van der Waals surface area contributed by atoms with Crippen LogP contribution < -0.4 is 16.8 Å². The number of nitrogens with two attached hydrogens (primary N) is 1. The van der Waals surface area contributed by atoms with Crippen LogP contribution in [0, 0.1) is 0 Å². The molecule has 0 aliphatic carbocycles. The van der Waals surface area contributed by atoms with E-state index in [-0.39, 0.29) is 6.04 Å². The fraction of sp³-hybridized carbons (Fsp3) is 0.211. The van der Waals surface area contributed by atoms with Crippen LogP contribution in [0.5, 0.6) is 0 Å². The minimum Gasteiger partial charge on any atom is -0.408 e. The Kier molecular flexibility index (Phi) is 5.31. The van der Waals surface area contributed by atoms with Crippen LogP contribution in [0.25, 0.3) is 21.7 Å². The Hall–Kier alpha value is -3.18. The zero-order valence-corrected chi connectivity index (χ0v) is 16.2. The van der Waals surface area contributed by atoms with Crippen molar-refractivity contribution in [2.45, 2.75) is 18.6 Å². The van der Waals surface area contributed by atoms with Gasteiger partial charge >= 0.3 is 11.9 Å². The lowest BCUT2D eigenvalue weighted by Gasteiger charge is -2.13. The maximum Gasteiger partial charge on any atom is 0.417 e. The fourth-order valence-corrected chi connectivity index (χ4v) is 3.66. The van der Waals surface area contributed by atoms with E-state index in [0.717, 1.165) is 23.3 Å². The van der Waals surface area contributed by atoms with Crippen LogP contribution in [0.15, 0.2) is 51.7 Å². The van der Waals surface area contributed by atoms with Crippen LogP contribution >= 0.6 is 11.3 Å². The summed E-state index contributed by atoms with van der Waals surface area (Å²) in [5.74, 6) is -0.524. The molecule has 0 aliphatic heterocycles. The van der Waals surface area contributed by atoms with Gasteiger partial charge in [0.05, 0.1) is 11.1 Å². The highest BCUT2D eigenvalue weighted by atomic mass is 32.1. The second-order valence-electron chi connectivity index (χ2n) is 6.68. The van der Waals surface area contributed by atoms with Gasteiger partial charge in [-0.3, -0.25) is 4.98 Å². The van der Waals surface area contributed by atoms with E-state index >= 15 is 0 Å². The van der Waals surface area contributed by atoms with Gasteiger partial charge in [0.25, 0.3) is 0 Å². The zero-order chi connectivity index (χ0) is 21.3. The third-order valence-corrected chi connectivity index (χ3v) is 5.32. The van der Waals surface area contributed by atoms with Gasteiger partial charge in [-0.1, -0.05) is 23.5 Å². The highest BCUT2D eigenvalue weighted by Gasteiger charge is 2.29.